The summed E-state index contributed by atoms with van der Waals surface area (Å²) in [6, 6.07) is 8.58. The van der Waals surface area contributed by atoms with Crippen molar-refractivity contribution in [1.82, 2.24) is 4.31 Å². The van der Waals surface area contributed by atoms with Gasteiger partial charge in [-0.2, -0.15) is 4.31 Å². The molecule has 28 heavy (non-hydrogen) atoms. The highest BCUT2D eigenvalue weighted by Crippen LogP contribution is 2.41. The number of nitro groups is 1. The minimum Gasteiger partial charge on any atom is -0.486 e. The van der Waals surface area contributed by atoms with E-state index in [-0.39, 0.29) is 16.0 Å². The highest BCUT2D eigenvalue weighted by atomic mass is 35.5. The second-order valence-electron chi connectivity index (χ2n) is 6.55. The average Bonchev–Trinajstić information content (AvgIpc) is 3.18. The molecular weight excluding hydrogens is 408 g/mol. The van der Waals surface area contributed by atoms with E-state index in [0.717, 1.165) is 11.6 Å². The zero-order valence-electron chi connectivity index (χ0n) is 14.7. The van der Waals surface area contributed by atoms with Crippen LogP contribution in [-0.2, 0) is 10.0 Å². The van der Waals surface area contributed by atoms with Crippen LogP contribution in [0, 0.1) is 10.1 Å². The van der Waals surface area contributed by atoms with Crippen LogP contribution in [0.25, 0.3) is 0 Å². The smallest absolute Gasteiger partial charge is 0.289 e. The molecule has 10 heteroatoms. The Hall–Kier alpha value is -2.36. The number of rotatable bonds is 4. The third kappa shape index (κ3) is 3.30. The number of ether oxygens (including phenoxy) is 2. The van der Waals surface area contributed by atoms with Gasteiger partial charge in [0.2, 0.25) is 10.0 Å². The average molecular weight is 425 g/mol. The number of hydrogen-bond donors (Lipinski definition) is 0. The topological polar surface area (TPSA) is 99.0 Å². The maximum Gasteiger partial charge on any atom is 0.289 e. The molecule has 1 fully saturated rings. The van der Waals surface area contributed by atoms with Crippen molar-refractivity contribution in [2.24, 2.45) is 0 Å². The van der Waals surface area contributed by atoms with Crippen molar-refractivity contribution in [2.75, 3.05) is 19.8 Å². The van der Waals surface area contributed by atoms with Crippen molar-refractivity contribution in [3.05, 3.63) is 57.1 Å². The van der Waals surface area contributed by atoms with Gasteiger partial charge in [-0.1, -0.05) is 17.7 Å². The lowest BCUT2D eigenvalue weighted by atomic mass is 10.0. The molecule has 1 saturated heterocycles. The Morgan fingerprint density at radius 3 is 2.61 bits per heavy atom. The van der Waals surface area contributed by atoms with Crippen molar-refractivity contribution >= 4 is 27.3 Å². The van der Waals surface area contributed by atoms with E-state index in [2.05, 4.69) is 0 Å². The highest BCUT2D eigenvalue weighted by molar-refractivity contribution is 7.89. The summed E-state index contributed by atoms with van der Waals surface area (Å²) in [5, 5.41) is 11.0. The molecule has 0 aliphatic carbocycles. The number of sulfonamides is 1. The minimum atomic E-state index is -3.93. The van der Waals surface area contributed by atoms with E-state index in [0.29, 0.717) is 44.1 Å². The van der Waals surface area contributed by atoms with Crippen molar-refractivity contribution in [3.8, 4) is 11.5 Å². The van der Waals surface area contributed by atoms with Gasteiger partial charge in [0.05, 0.1) is 15.9 Å². The van der Waals surface area contributed by atoms with Crippen LogP contribution in [0.2, 0.25) is 5.02 Å². The summed E-state index contributed by atoms with van der Waals surface area (Å²) < 4.78 is 38.9. The molecule has 1 unspecified atom stereocenters. The number of hydrogen-bond acceptors (Lipinski definition) is 6. The summed E-state index contributed by atoms with van der Waals surface area (Å²) in [4.78, 5) is 10.3. The Balaban J connectivity index is 1.70. The summed E-state index contributed by atoms with van der Waals surface area (Å²) in [7, 11) is -3.93. The Kier molecular flexibility index (Phi) is 4.90. The van der Waals surface area contributed by atoms with E-state index in [4.69, 9.17) is 21.1 Å². The molecule has 0 aromatic heterocycles. The summed E-state index contributed by atoms with van der Waals surface area (Å²) >= 11 is 5.82. The van der Waals surface area contributed by atoms with Gasteiger partial charge < -0.3 is 9.47 Å². The first-order valence-electron chi connectivity index (χ1n) is 8.73. The maximum absolute atomic E-state index is 13.2. The summed E-state index contributed by atoms with van der Waals surface area (Å²) in [6.07, 6.45) is 1.34. The molecule has 2 aliphatic rings. The molecule has 0 spiro atoms. The molecule has 4 rings (SSSR count). The summed E-state index contributed by atoms with van der Waals surface area (Å²) in [6.45, 7) is 1.25. The fourth-order valence-electron chi connectivity index (χ4n) is 3.56. The number of halogens is 1. The van der Waals surface area contributed by atoms with Gasteiger partial charge >= 0.3 is 0 Å². The quantitative estimate of drug-likeness (QED) is 0.549. The van der Waals surface area contributed by atoms with Gasteiger partial charge in [-0.05, 0) is 42.7 Å². The largest absolute Gasteiger partial charge is 0.486 e. The van der Waals surface area contributed by atoms with Crippen molar-refractivity contribution < 1.29 is 22.8 Å². The predicted octanol–water partition coefficient (Wildman–Crippen LogP) is 3.55. The molecule has 2 aliphatic heterocycles. The molecular formula is C18H17ClN2O6S. The normalized spacial score (nSPS) is 19.5. The van der Waals surface area contributed by atoms with Crippen LogP contribution in [0.15, 0.2) is 41.3 Å². The van der Waals surface area contributed by atoms with Crippen molar-refractivity contribution in [2.45, 2.75) is 23.8 Å². The van der Waals surface area contributed by atoms with Gasteiger partial charge in [-0.3, -0.25) is 10.1 Å². The monoisotopic (exact) mass is 424 g/mol. The van der Waals surface area contributed by atoms with E-state index in [1.54, 1.807) is 12.1 Å². The lowest BCUT2D eigenvalue weighted by molar-refractivity contribution is -0.384. The highest BCUT2D eigenvalue weighted by Gasteiger charge is 2.37. The van der Waals surface area contributed by atoms with E-state index in [1.165, 1.54) is 16.4 Å². The molecule has 0 radical (unpaired) electrons. The summed E-state index contributed by atoms with van der Waals surface area (Å²) in [5.74, 6) is 1.23. The second kappa shape index (κ2) is 7.23. The predicted molar refractivity (Wildman–Crippen MR) is 101 cm³/mol. The zero-order valence-corrected chi connectivity index (χ0v) is 16.3. The van der Waals surface area contributed by atoms with Crippen LogP contribution in [-0.4, -0.2) is 37.4 Å². The van der Waals surface area contributed by atoms with Gasteiger partial charge in [0.15, 0.2) is 11.5 Å². The Morgan fingerprint density at radius 2 is 1.86 bits per heavy atom. The van der Waals surface area contributed by atoms with Gasteiger partial charge in [0.25, 0.3) is 5.69 Å². The van der Waals surface area contributed by atoms with Gasteiger partial charge in [0, 0.05) is 12.6 Å². The first-order valence-corrected chi connectivity index (χ1v) is 10.5. The molecule has 0 N–H and O–H groups in total. The Bertz CT molecular complexity index is 1040. The fourth-order valence-corrected chi connectivity index (χ4v) is 5.45. The van der Waals surface area contributed by atoms with E-state index < -0.39 is 20.6 Å². The van der Waals surface area contributed by atoms with Crippen LogP contribution in [0.3, 0.4) is 0 Å². The lowest BCUT2D eigenvalue weighted by Gasteiger charge is -2.26. The van der Waals surface area contributed by atoms with Crippen LogP contribution >= 0.6 is 11.6 Å². The molecule has 2 aromatic carbocycles. The maximum atomic E-state index is 13.2. The standard InChI is InChI=1S/C18H17ClN2O6S/c19-14-5-4-13(11-16(14)21(22)23)28(24,25)20-7-1-2-15(20)12-3-6-17-18(10-12)27-9-8-26-17/h3-6,10-11,15H,1-2,7-9H2. The lowest BCUT2D eigenvalue weighted by Crippen LogP contribution is -2.30. The Morgan fingerprint density at radius 1 is 1.11 bits per heavy atom. The molecule has 1 atom stereocenters. The third-order valence-corrected chi connectivity index (χ3v) is 7.10. The van der Waals surface area contributed by atoms with Crippen molar-refractivity contribution in [1.29, 1.82) is 0 Å². The molecule has 8 nitrogen and oxygen atoms in total. The minimum absolute atomic E-state index is 0.103. The number of nitro benzene ring substituents is 1. The fraction of sp³-hybridized carbons (Fsp3) is 0.333. The number of fused-ring (bicyclic) bond motifs is 1. The summed E-state index contributed by atoms with van der Waals surface area (Å²) in [5.41, 5.74) is 0.367. The third-order valence-electron chi connectivity index (χ3n) is 4.88. The van der Waals surface area contributed by atoms with Gasteiger partial charge in [-0.25, -0.2) is 8.42 Å². The van der Waals surface area contributed by atoms with Crippen LogP contribution in [0.4, 0.5) is 5.69 Å². The second-order valence-corrected chi connectivity index (χ2v) is 8.84. The van der Waals surface area contributed by atoms with E-state index in [1.807, 2.05) is 6.07 Å². The van der Waals surface area contributed by atoms with Crippen LogP contribution < -0.4 is 9.47 Å². The molecule has 0 amide bonds. The van der Waals surface area contributed by atoms with Crippen LogP contribution in [0.5, 0.6) is 11.5 Å². The van der Waals surface area contributed by atoms with E-state index in [9.17, 15) is 18.5 Å². The van der Waals surface area contributed by atoms with Gasteiger partial charge in [-0.15, -0.1) is 0 Å². The van der Waals surface area contributed by atoms with Crippen molar-refractivity contribution in [3.63, 3.8) is 0 Å². The Labute approximate surface area is 166 Å². The van der Waals surface area contributed by atoms with Gasteiger partial charge in [0.1, 0.15) is 18.2 Å². The number of nitrogens with zero attached hydrogens (tertiary/aromatic N) is 2. The molecule has 148 valence electrons. The molecule has 2 heterocycles. The first kappa shape index (κ1) is 19.0. The van der Waals surface area contributed by atoms with Crippen LogP contribution in [0.1, 0.15) is 24.4 Å². The number of benzene rings is 2. The molecule has 0 saturated carbocycles. The molecule has 0 bridgehead atoms. The van der Waals surface area contributed by atoms with E-state index >= 15 is 0 Å². The SMILES string of the molecule is O=[N+]([O-])c1cc(S(=O)(=O)N2CCCC2c2ccc3c(c2)OCCO3)ccc1Cl. The molecule has 2 aromatic rings. The first-order chi connectivity index (χ1) is 13.4. The zero-order chi connectivity index (χ0) is 19.9.